The number of ether oxygens (including phenoxy) is 1. The lowest BCUT2D eigenvalue weighted by molar-refractivity contribution is -0.130. The first-order chi connectivity index (χ1) is 15.3. The Morgan fingerprint density at radius 3 is 2.66 bits per heavy atom. The van der Waals surface area contributed by atoms with Crippen LogP contribution in [0.25, 0.3) is 10.9 Å². The van der Waals surface area contributed by atoms with E-state index >= 15 is 0 Å². The molecule has 0 bridgehead atoms. The van der Waals surface area contributed by atoms with Crippen LogP contribution < -0.4 is 10.3 Å². The van der Waals surface area contributed by atoms with Gasteiger partial charge < -0.3 is 19.5 Å². The van der Waals surface area contributed by atoms with Gasteiger partial charge in [-0.15, -0.1) is 0 Å². The maximum absolute atomic E-state index is 13.2. The standard InChI is InChI=1S/C23H25ClN4O4/c1-4-10-28(13-20-25-19-12-16(24)8-9-18(19)22(30)26-20)23(31)15-6-5-7-17(11-15)32-14-21(29)27(2)3/h5-9,11-12H,4,10,13-14H2,1-3H3,(H,25,26,30). The van der Waals surface area contributed by atoms with Gasteiger partial charge in [-0.05, 0) is 42.8 Å². The van der Waals surface area contributed by atoms with Gasteiger partial charge in [0.15, 0.2) is 6.61 Å². The fraction of sp³-hybridized carbons (Fsp3) is 0.304. The lowest BCUT2D eigenvalue weighted by Crippen LogP contribution is -2.33. The van der Waals surface area contributed by atoms with Crippen molar-refractivity contribution in [3.8, 4) is 5.75 Å². The summed E-state index contributed by atoms with van der Waals surface area (Å²) in [4.78, 5) is 47.6. The fourth-order valence-corrected chi connectivity index (χ4v) is 3.28. The highest BCUT2D eigenvalue weighted by Gasteiger charge is 2.18. The second-order valence-corrected chi connectivity index (χ2v) is 7.94. The number of aromatic amines is 1. The largest absolute Gasteiger partial charge is 0.484 e. The average Bonchev–Trinajstić information content (AvgIpc) is 2.76. The van der Waals surface area contributed by atoms with Crippen LogP contribution in [0.2, 0.25) is 5.02 Å². The van der Waals surface area contributed by atoms with Crippen molar-refractivity contribution in [1.29, 1.82) is 0 Å². The highest BCUT2D eigenvalue weighted by molar-refractivity contribution is 6.31. The van der Waals surface area contributed by atoms with E-state index < -0.39 is 0 Å². The van der Waals surface area contributed by atoms with Gasteiger partial charge in [0, 0.05) is 31.2 Å². The minimum absolute atomic E-state index is 0.117. The molecule has 1 N–H and O–H groups in total. The predicted molar refractivity (Wildman–Crippen MR) is 123 cm³/mol. The van der Waals surface area contributed by atoms with Crippen LogP contribution in [0.3, 0.4) is 0 Å². The minimum atomic E-state index is -0.286. The number of rotatable bonds is 8. The van der Waals surface area contributed by atoms with E-state index in [0.29, 0.717) is 39.6 Å². The molecule has 3 rings (SSSR count). The first kappa shape index (κ1) is 23.3. The molecule has 0 atom stereocenters. The van der Waals surface area contributed by atoms with Crippen molar-refractivity contribution in [2.75, 3.05) is 27.2 Å². The Morgan fingerprint density at radius 1 is 1.16 bits per heavy atom. The summed E-state index contributed by atoms with van der Waals surface area (Å²) < 4.78 is 5.52. The topological polar surface area (TPSA) is 95.6 Å². The molecular formula is C23H25ClN4O4. The molecule has 9 heteroatoms. The Morgan fingerprint density at radius 2 is 1.94 bits per heavy atom. The van der Waals surface area contributed by atoms with Gasteiger partial charge in [-0.25, -0.2) is 4.98 Å². The number of fused-ring (bicyclic) bond motifs is 1. The molecule has 2 aromatic carbocycles. The number of hydrogen-bond acceptors (Lipinski definition) is 5. The van der Waals surface area contributed by atoms with E-state index in [1.165, 1.54) is 4.90 Å². The van der Waals surface area contributed by atoms with Crippen molar-refractivity contribution in [1.82, 2.24) is 19.8 Å². The van der Waals surface area contributed by atoms with Crippen LogP contribution in [0.1, 0.15) is 29.5 Å². The van der Waals surface area contributed by atoms with Crippen LogP contribution in [0.15, 0.2) is 47.3 Å². The molecule has 0 aliphatic heterocycles. The molecule has 0 saturated carbocycles. The van der Waals surface area contributed by atoms with Crippen LogP contribution in [0, 0.1) is 0 Å². The summed E-state index contributed by atoms with van der Waals surface area (Å²) in [7, 11) is 3.29. The van der Waals surface area contributed by atoms with Crippen molar-refractivity contribution in [2.24, 2.45) is 0 Å². The van der Waals surface area contributed by atoms with E-state index in [4.69, 9.17) is 16.3 Å². The molecule has 0 spiro atoms. The molecule has 2 amide bonds. The molecule has 8 nitrogen and oxygen atoms in total. The first-order valence-corrected chi connectivity index (χ1v) is 10.6. The second-order valence-electron chi connectivity index (χ2n) is 7.51. The number of halogens is 1. The molecule has 3 aromatic rings. The molecule has 0 aliphatic carbocycles. The Labute approximate surface area is 190 Å². The third-order valence-corrected chi connectivity index (χ3v) is 5.02. The zero-order valence-electron chi connectivity index (χ0n) is 18.2. The van der Waals surface area contributed by atoms with Crippen LogP contribution >= 0.6 is 11.6 Å². The summed E-state index contributed by atoms with van der Waals surface area (Å²) in [5.74, 6) is 0.385. The number of hydrogen-bond donors (Lipinski definition) is 1. The number of carbonyl (C=O) groups is 2. The van der Waals surface area contributed by atoms with Crippen LogP contribution in [-0.2, 0) is 11.3 Å². The van der Waals surface area contributed by atoms with Crippen molar-refractivity contribution >= 4 is 34.3 Å². The van der Waals surface area contributed by atoms with E-state index in [1.807, 2.05) is 6.92 Å². The van der Waals surface area contributed by atoms with E-state index in [0.717, 1.165) is 6.42 Å². The summed E-state index contributed by atoms with van der Waals surface area (Å²) in [6.45, 7) is 2.45. The lowest BCUT2D eigenvalue weighted by Gasteiger charge is -2.22. The van der Waals surface area contributed by atoms with E-state index in [-0.39, 0.29) is 30.5 Å². The Hall–Kier alpha value is -3.39. The zero-order valence-corrected chi connectivity index (χ0v) is 19.0. The number of nitrogens with one attached hydrogen (secondary N) is 1. The van der Waals surface area contributed by atoms with Gasteiger partial charge in [0.2, 0.25) is 0 Å². The number of H-pyrrole nitrogens is 1. The maximum Gasteiger partial charge on any atom is 0.259 e. The molecular weight excluding hydrogens is 432 g/mol. The summed E-state index contributed by atoms with van der Waals surface area (Å²) in [6.07, 6.45) is 0.725. The SMILES string of the molecule is CCCN(Cc1nc2cc(Cl)ccc2c(=O)[nH]1)C(=O)c1cccc(OCC(=O)N(C)C)c1. The quantitative estimate of drug-likeness (QED) is 0.562. The summed E-state index contributed by atoms with van der Waals surface area (Å²) >= 11 is 6.03. The monoisotopic (exact) mass is 456 g/mol. The third kappa shape index (κ3) is 5.64. The third-order valence-electron chi connectivity index (χ3n) is 4.78. The number of nitrogens with zero attached hydrogens (tertiary/aromatic N) is 3. The summed E-state index contributed by atoms with van der Waals surface area (Å²) in [5, 5.41) is 0.913. The minimum Gasteiger partial charge on any atom is -0.484 e. The average molecular weight is 457 g/mol. The molecule has 1 aromatic heterocycles. The van der Waals surface area contributed by atoms with Crippen molar-refractivity contribution in [2.45, 2.75) is 19.9 Å². The van der Waals surface area contributed by atoms with Gasteiger partial charge in [0.05, 0.1) is 17.4 Å². The van der Waals surface area contributed by atoms with E-state index in [2.05, 4.69) is 9.97 Å². The molecule has 0 unspecified atom stereocenters. The Balaban J connectivity index is 1.82. The summed E-state index contributed by atoms with van der Waals surface area (Å²) in [6, 6.07) is 11.5. The summed E-state index contributed by atoms with van der Waals surface area (Å²) in [5.41, 5.74) is 0.604. The smallest absolute Gasteiger partial charge is 0.259 e. The molecule has 0 radical (unpaired) electrons. The van der Waals surface area contributed by atoms with Crippen LogP contribution in [0.5, 0.6) is 5.75 Å². The Bertz CT molecular complexity index is 1190. The maximum atomic E-state index is 13.2. The normalized spacial score (nSPS) is 10.8. The van der Waals surface area contributed by atoms with Crippen LogP contribution in [0.4, 0.5) is 0 Å². The zero-order chi connectivity index (χ0) is 23.3. The Kier molecular flexibility index (Phi) is 7.48. The molecule has 0 aliphatic rings. The number of benzene rings is 2. The highest BCUT2D eigenvalue weighted by atomic mass is 35.5. The number of carbonyl (C=O) groups excluding carboxylic acids is 2. The van der Waals surface area contributed by atoms with E-state index in [1.54, 1.807) is 61.5 Å². The predicted octanol–water partition coefficient (Wildman–Crippen LogP) is 3.10. The molecule has 0 fully saturated rings. The van der Waals surface area contributed by atoms with Crippen LogP contribution in [-0.4, -0.2) is 58.8 Å². The number of amides is 2. The number of likely N-dealkylation sites (N-methyl/N-ethyl adjacent to an activating group) is 1. The molecule has 32 heavy (non-hydrogen) atoms. The fourth-order valence-electron chi connectivity index (χ4n) is 3.11. The van der Waals surface area contributed by atoms with E-state index in [9.17, 15) is 14.4 Å². The molecule has 1 heterocycles. The van der Waals surface area contributed by atoms with Gasteiger partial charge in [-0.2, -0.15) is 0 Å². The molecule has 0 saturated heterocycles. The molecule has 168 valence electrons. The highest BCUT2D eigenvalue weighted by Crippen LogP contribution is 2.18. The van der Waals surface area contributed by atoms with Gasteiger partial charge in [0.1, 0.15) is 11.6 Å². The number of aromatic nitrogens is 2. The van der Waals surface area contributed by atoms with Gasteiger partial charge in [-0.1, -0.05) is 24.6 Å². The van der Waals surface area contributed by atoms with Crippen molar-refractivity contribution < 1.29 is 14.3 Å². The van der Waals surface area contributed by atoms with Gasteiger partial charge in [0.25, 0.3) is 17.4 Å². The second kappa shape index (κ2) is 10.3. The van der Waals surface area contributed by atoms with Crippen molar-refractivity contribution in [3.63, 3.8) is 0 Å². The first-order valence-electron chi connectivity index (χ1n) is 10.2. The van der Waals surface area contributed by atoms with Crippen molar-refractivity contribution in [3.05, 3.63) is 69.2 Å². The van der Waals surface area contributed by atoms with Gasteiger partial charge in [-0.3, -0.25) is 14.4 Å². The lowest BCUT2D eigenvalue weighted by atomic mass is 10.1. The van der Waals surface area contributed by atoms with Gasteiger partial charge >= 0.3 is 0 Å².